The van der Waals surface area contributed by atoms with E-state index >= 15 is 0 Å². The van der Waals surface area contributed by atoms with Gasteiger partial charge in [-0.3, -0.25) is 9.69 Å². The van der Waals surface area contributed by atoms with Crippen LogP contribution in [-0.2, 0) is 19.5 Å². The van der Waals surface area contributed by atoms with Gasteiger partial charge in [0.15, 0.2) is 5.69 Å². The fraction of sp³-hybridized carbons (Fsp3) is 0.375. The monoisotopic (exact) mass is 403 g/mol. The van der Waals surface area contributed by atoms with Crippen LogP contribution in [-0.4, -0.2) is 38.4 Å². The average Bonchev–Trinajstić information content (AvgIpc) is 3.15. The summed E-state index contributed by atoms with van der Waals surface area (Å²) in [4.78, 5) is 15.0. The normalized spacial score (nSPS) is 14.9. The Labute approximate surface area is 177 Å². The number of carbonyl (C=O) groups is 1. The number of rotatable bonds is 6. The highest BCUT2D eigenvalue weighted by atomic mass is 16.2. The number of fused-ring (bicyclic) bond motifs is 1. The van der Waals surface area contributed by atoms with Gasteiger partial charge in [-0.05, 0) is 49.4 Å². The molecule has 0 saturated carbocycles. The maximum Gasteiger partial charge on any atom is 0.273 e. The minimum atomic E-state index is -0.160. The molecule has 1 aliphatic heterocycles. The van der Waals surface area contributed by atoms with Crippen molar-refractivity contribution in [3.05, 3.63) is 76.6 Å². The first kappa shape index (κ1) is 20.3. The van der Waals surface area contributed by atoms with E-state index in [4.69, 9.17) is 0 Å². The van der Waals surface area contributed by atoms with Crippen molar-refractivity contribution in [2.24, 2.45) is 0 Å². The van der Waals surface area contributed by atoms with E-state index in [9.17, 15) is 4.79 Å². The van der Waals surface area contributed by atoms with Crippen molar-refractivity contribution in [3.8, 4) is 5.69 Å². The van der Waals surface area contributed by atoms with E-state index in [1.165, 1.54) is 16.7 Å². The summed E-state index contributed by atoms with van der Waals surface area (Å²) in [6, 6.07) is 17.0. The van der Waals surface area contributed by atoms with Gasteiger partial charge in [-0.15, -0.1) is 5.10 Å². The molecule has 0 unspecified atom stereocenters. The maximum absolute atomic E-state index is 12.6. The molecule has 3 aromatic rings. The molecule has 1 N–H and O–H groups in total. The average molecular weight is 404 g/mol. The van der Waals surface area contributed by atoms with Gasteiger partial charge >= 0.3 is 0 Å². The lowest BCUT2D eigenvalue weighted by molar-refractivity contribution is 0.0933. The number of benzene rings is 2. The first-order chi connectivity index (χ1) is 14.6. The molecule has 0 bridgehead atoms. The van der Waals surface area contributed by atoms with Crippen LogP contribution in [0.15, 0.2) is 48.5 Å². The van der Waals surface area contributed by atoms with Crippen molar-refractivity contribution >= 4 is 5.91 Å². The molecule has 6 heteroatoms. The summed E-state index contributed by atoms with van der Waals surface area (Å²) in [6.45, 7) is 8.81. The molecule has 0 spiro atoms. The Morgan fingerprint density at radius 2 is 1.97 bits per heavy atom. The summed E-state index contributed by atoms with van der Waals surface area (Å²) < 4.78 is 1.82. The molecule has 1 aliphatic rings. The van der Waals surface area contributed by atoms with E-state index in [1.807, 2.05) is 25.5 Å². The lowest BCUT2D eigenvalue weighted by atomic mass is 9.97. The summed E-state index contributed by atoms with van der Waals surface area (Å²) in [7, 11) is 0. The van der Waals surface area contributed by atoms with Gasteiger partial charge in [0.25, 0.3) is 5.91 Å². The van der Waals surface area contributed by atoms with Gasteiger partial charge in [0.2, 0.25) is 0 Å². The Kier molecular flexibility index (Phi) is 5.95. The molecule has 0 fully saturated rings. The Balaban J connectivity index is 1.56. The fourth-order valence-electron chi connectivity index (χ4n) is 3.98. The van der Waals surface area contributed by atoms with E-state index in [2.05, 4.69) is 69.1 Å². The van der Waals surface area contributed by atoms with Crippen LogP contribution >= 0.6 is 0 Å². The molecule has 30 heavy (non-hydrogen) atoms. The molecular weight excluding hydrogens is 374 g/mol. The van der Waals surface area contributed by atoms with E-state index in [0.29, 0.717) is 5.69 Å². The molecule has 0 radical (unpaired) electrons. The molecular formula is C24H29N5O. The topological polar surface area (TPSA) is 63.1 Å². The molecule has 2 heterocycles. The molecule has 1 atom stereocenters. The molecule has 2 aromatic carbocycles. The van der Waals surface area contributed by atoms with Gasteiger partial charge in [-0.2, -0.15) is 0 Å². The number of nitrogens with zero attached hydrogens (tertiary/aromatic N) is 4. The fourth-order valence-corrected chi connectivity index (χ4v) is 3.98. The number of carbonyl (C=O) groups excluding carboxylic acids is 1. The van der Waals surface area contributed by atoms with Gasteiger partial charge in [-0.1, -0.05) is 54.6 Å². The van der Waals surface area contributed by atoms with Gasteiger partial charge in [-0.25, -0.2) is 4.68 Å². The van der Waals surface area contributed by atoms with Crippen molar-refractivity contribution in [1.29, 1.82) is 0 Å². The number of aromatic nitrogens is 3. The number of hydrogen-bond acceptors (Lipinski definition) is 4. The zero-order chi connectivity index (χ0) is 21.1. The number of nitrogens with one attached hydrogen (secondary N) is 1. The zero-order valence-corrected chi connectivity index (χ0v) is 17.9. The minimum absolute atomic E-state index is 0.113. The van der Waals surface area contributed by atoms with Crippen LogP contribution in [0.5, 0.6) is 0 Å². The van der Waals surface area contributed by atoms with E-state index in [1.54, 1.807) is 0 Å². The molecule has 0 saturated heterocycles. The second kappa shape index (κ2) is 8.79. The van der Waals surface area contributed by atoms with Crippen LogP contribution in [0.2, 0.25) is 0 Å². The third-order valence-corrected chi connectivity index (χ3v) is 5.90. The van der Waals surface area contributed by atoms with Gasteiger partial charge in [0.1, 0.15) is 0 Å². The van der Waals surface area contributed by atoms with Crippen molar-refractivity contribution in [2.75, 3.05) is 6.54 Å². The predicted molar refractivity (Wildman–Crippen MR) is 118 cm³/mol. The van der Waals surface area contributed by atoms with Gasteiger partial charge in [0, 0.05) is 25.7 Å². The summed E-state index contributed by atoms with van der Waals surface area (Å²) in [5.74, 6) is -0.160. The van der Waals surface area contributed by atoms with Crippen LogP contribution < -0.4 is 5.32 Å². The summed E-state index contributed by atoms with van der Waals surface area (Å²) in [5.41, 5.74) is 6.14. The van der Waals surface area contributed by atoms with Crippen molar-refractivity contribution in [3.63, 3.8) is 0 Å². The van der Waals surface area contributed by atoms with E-state index in [-0.39, 0.29) is 11.9 Å². The quantitative estimate of drug-likeness (QED) is 0.682. The lowest BCUT2D eigenvalue weighted by Gasteiger charge is -2.30. The molecule has 156 valence electrons. The standard InChI is InChI=1S/C24H29N5O/c1-4-17(2)25-24(30)23-18(3)29(27-26-23)22-12-8-11-20-16-28(14-13-21(20)22)15-19-9-6-5-7-10-19/h5-12,17H,4,13-16H2,1-3H3,(H,25,30)/t17-/m1/s1. The predicted octanol–water partition coefficient (Wildman–Crippen LogP) is 3.66. The molecule has 1 amide bonds. The van der Waals surface area contributed by atoms with Crippen LogP contribution in [0.3, 0.4) is 0 Å². The van der Waals surface area contributed by atoms with Crippen LogP contribution in [0.1, 0.15) is 53.1 Å². The first-order valence-electron chi connectivity index (χ1n) is 10.7. The van der Waals surface area contributed by atoms with E-state index < -0.39 is 0 Å². The molecule has 1 aromatic heterocycles. The molecule has 0 aliphatic carbocycles. The van der Waals surface area contributed by atoms with Crippen LogP contribution in [0, 0.1) is 6.92 Å². The Morgan fingerprint density at radius 1 is 1.17 bits per heavy atom. The Hall–Kier alpha value is -2.99. The largest absolute Gasteiger partial charge is 0.348 e. The maximum atomic E-state index is 12.6. The summed E-state index contributed by atoms with van der Waals surface area (Å²) >= 11 is 0. The van der Waals surface area contributed by atoms with Crippen molar-refractivity contribution in [1.82, 2.24) is 25.2 Å². The Bertz CT molecular complexity index is 1030. The number of hydrogen-bond donors (Lipinski definition) is 1. The zero-order valence-electron chi connectivity index (χ0n) is 17.9. The molecule has 4 rings (SSSR count). The lowest BCUT2D eigenvalue weighted by Crippen LogP contribution is -2.32. The van der Waals surface area contributed by atoms with Crippen LogP contribution in [0.4, 0.5) is 0 Å². The van der Waals surface area contributed by atoms with Gasteiger partial charge in [0.05, 0.1) is 11.4 Å². The van der Waals surface area contributed by atoms with Crippen molar-refractivity contribution in [2.45, 2.75) is 52.7 Å². The Morgan fingerprint density at radius 3 is 2.73 bits per heavy atom. The minimum Gasteiger partial charge on any atom is -0.348 e. The highest BCUT2D eigenvalue weighted by Gasteiger charge is 2.23. The van der Waals surface area contributed by atoms with E-state index in [0.717, 1.165) is 43.9 Å². The highest BCUT2D eigenvalue weighted by Crippen LogP contribution is 2.27. The SMILES string of the molecule is CC[C@@H](C)NC(=O)c1nnn(-c2cccc3c2CCN(Cc2ccccc2)C3)c1C. The second-order valence-electron chi connectivity index (χ2n) is 8.08. The van der Waals surface area contributed by atoms with Crippen LogP contribution in [0.25, 0.3) is 5.69 Å². The van der Waals surface area contributed by atoms with Gasteiger partial charge < -0.3 is 5.32 Å². The smallest absolute Gasteiger partial charge is 0.273 e. The van der Waals surface area contributed by atoms with Crippen molar-refractivity contribution < 1.29 is 4.79 Å². The number of amides is 1. The third kappa shape index (κ3) is 4.14. The summed E-state index contributed by atoms with van der Waals surface area (Å²) in [5, 5.41) is 11.5. The first-order valence-corrected chi connectivity index (χ1v) is 10.7. The second-order valence-corrected chi connectivity index (χ2v) is 8.08. The molecule has 6 nitrogen and oxygen atoms in total. The summed E-state index contributed by atoms with van der Waals surface area (Å²) in [6.07, 6.45) is 1.83. The highest BCUT2D eigenvalue weighted by molar-refractivity contribution is 5.93. The third-order valence-electron chi connectivity index (χ3n) is 5.90.